The maximum absolute atomic E-state index is 11.3. The van der Waals surface area contributed by atoms with Crippen molar-refractivity contribution >= 4 is 31.1 Å². The van der Waals surface area contributed by atoms with E-state index in [9.17, 15) is 8.42 Å². The third-order valence-electron chi connectivity index (χ3n) is 2.31. The van der Waals surface area contributed by atoms with Crippen molar-refractivity contribution in [2.45, 2.75) is 11.1 Å². The van der Waals surface area contributed by atoms with Crippen LogP contribution in [0.1, 0.15) is 5.69 Å². The van der Waals surface area contributed by atoms with Crippen LogP contribution in [-0.2, 0) is 9.05 Å². The molecule has 0 saturated heterocycles. The van der Waals surface area contributed by atoms with Crippen LogP contribution in [-0.4, -0.2) is 20.5 Å². The molecule has 4 nitrogen and oxygen atoms in total. The molecular weight excluding hydrogens is 294 g/mol. The van der Waals surface area contributed by atoms with E-state index in [-0.39, 0.29) is 4.21 Å². The fourth-order valence-electron chi connectivity index (χ4n) is 1.47. The standard InChI is InChI=1S/C11H10ClNO3S2/c1-7-11(18(12,14)15)17-10(13-7)8-3-5-9(16-2)6-4-8/h3-6H,1-2H3. The van der Waals surface area contributed by atoms with E-state index in [0.717, 1.165) is 22.6 Å². The smallest absolute Gasteiger partial charge is 0.272 e. The van der Waals surface area contributed by atoms with Crippen LogP contribution in [0.3, 0.4) is 0 Å². The molecule has 18 heavy (non-hydrogen) atoms. The summed E-state index contributed by atoms with van der Waals surface area (Å²) in [6.07, 6.45) is 0. The Morgan fingerprint density at radius 1 is 1.28 bits per heavy atom. The van der Waals surface area contributed by atoms with Gasteiger partial charge in [0.1, 0.15) is 10.8 Å². The zero-order chi connectivity index (χ0) is 13.3. The highest BCUT2D eigenvalue weighted by molar-refractivity contribution is 8.15. The summed E-state index contributed by atoms with van der Waals surface area (Å²) in [4.78, 5) is 4.22. The van der Waals surface area contributed by atoms with E-state index >= 15 is 0 Å². The minimum absolute atomic E-state index is 0.0926. The van der Waals surface area contributed by atoms with E-state index in [2.05, 4.69) is 4.98 Å². The molecule has 1 aromatic carbocycles. The van der Waals surface area contributed by atoms with Crippen LogP contribution >= 0.6 is 22.0 Å². The summed E-state index contributed by atoms with van der Waals surface area (Å²) in [5, 5.41) is 0.620. The molecule has 2 aromatic rings. The summed E-state index contributed by atoms with van der Waals surface area (Å²) >= 11 is 1.06. The number of rotatable bonds is 3. The number of benzene rings is 1. The van der Waals surface area contributed by atoms with Crippen molar-refractivity contribution in [1.29, 1.82) is 0 Å². The molecule has 0 aliphatic rings. The van der Waals surface area contributed by atoms with E-state index < -0.39 is 9.05 Å². The molecule has 2 rings (SSSR count). The van der Waals surface area contributed by atoms with Crippen LogP contribution in [0.5, 0.6) is 5.75 Å². The Labute approximate surface area is 114 Å². The van der Waals surface area contributed by atoms with E-state index in [4.69, 9.17) is 15.4 Å². The van der Waals surface area contributed by atoms with Crippen molar-refractivity contribution in [3.63, 3.8) is 0 Å². The molecule has 7 heteroatoms. The first-order valence-electron chi connectivity index (χ1n) is 4.98. The average Bonchev–Trinajstić information content (AvgIpc) is 2.71. The van der Waals surface area contributed by atoms with Gasteiger partial charge in [-0.15, -0.1) is 11.3 Å². The van der Waals surface area contributed by atoms with Crippen LogP contribution in [0.4, 0.5) is 0 Å². The third kappa shape index (κ3) is 2.66. The van der Waals surface area contributed by atoms with Crippen molar-refractivity contribution in [3.8, 4) is 16.3 Å². The van der Waals surface area contributed by atoms with Gasteiger partial charge in [0.05, 0.1) is 12.8 Å². The Balaban J connectivity index is 2.46. The fourth-order valence-corrected chi connectivity index (χ4v) is 3.92. The fraction of sp³-hybridized carbons (Fsp3) is 0.182. The number of aromatic nitrogens is 1. The molecular formula is C11H10ClNO3S2. The van der Waals surface area contributed by atoms with Gasteiger partial charge in [0.2, 0.25) is 0 Å². The van der Waals surface area contributed by atoms with Gasteiger partial charge in [-0.25, -0.2) is 13.4 Å². The van der Waals surface area contributed by atoms with Gasteiger partial charge < -0.3 is 4.74 Å². The summed E-state index contributed by atoms with van der Waals surface area (Å²) in [6.45, 7) is 1.62. The lowest BCUT2D eigenvalue weighted by Crippen LogP contribution is -1.88. The molecule has 96 valence electrons. The molecule has 0 atom stereocenters. The molecule has 0 aliphatic heterocycles. The number of thiazole rings is 1. The number of nitrogens with zero attached hydrogens (tertiary/aromatic N) is 1. The minimum Gasteiger partial charge on any atom is -0.497 e. The van der Waals surface area contributed by atoms with E-state index in [1.807, 2.05) is 12.1 Å². The average molecular weight is 304 g/mol. The van der Waals surface area contributed by atoms with Crippen molar-refractivity contribution in [2.75, 3.05) is 7.11 Å². The van der Waals surface area contributed by atoms with Gasteiger partial charge in [-0.2, -0.15) is 0 Å². The first kappa shape index (κ1) is 13.3. The van der Waals surface area contributed by atoms with Crippen LogP contribution in [0.25, 0.3) is 10.6 Å². The predicted octanol–water partition coefficient (Wildman–Crippen LogP) is 3.05. The van der Waals surface area contributed by atoms with Gasteiger partial charge in [-0.1, -0.05) is 0 Å². The highest BCUT2D eigenvalue weighted by atomic mass is 35.7. The molecule has 0 spiro atoms. The normalized spacial score (nSPS) is 11.5. The quantitative estimate of drug-likeness (QED) is 0.818. The van der Waals surface area contributed by atoms with Crippen molar-refractivity contribution in [3.05, 3.63) is 30.0 Å². The van der Waals surface area contributed by atoms with Crippen molar-refractivity contribution in [2.24, 2.45) is 0 Å². The molecule has 0 N–H and O–H groups in total. The molecule has 0 bridgehead atoms. The maximum atomic E-state index is 11.3. The zero-order valence-electron chi connectivity index (χ0n) is 9.68. The molecule has 0 amide bonds. The predicted molar refractivity (Wildman–Crippen MR) is 71.9 cm³/mol. The Morgan fingerprint density at radius 3 is 2.33 bits per heavy atom. The Bertz CT molecular complexity index is 662. The highest BCUT2D eigenvalue weighted by Crippen LogP contribution is 2.33. The first-order valence-corrected chi connectivity index (χ1v) is 8.11. The number of ether oxygens (including phenoxy) is 1. The lowest BCUT2D eigenvalue weighted by molar-refractivity contribution is 0.415. The maximum Gasteiger partial charge on any atom is 0.272 e. The Morgan fingerprint density at radius 2 is 1.89 bits per heavy atom. The number of halogens is 1. The highest BCUT2D eigenvalue weighted by Gasteiger charge is 2.19. The topological polar surface area (TPSA) is 56.3 Å². The number of methoxy groups -OCH3 is 1. The summed E-state index contributed by atoms with van der Waals surface area (Å²) in [5.74, 6) is 0.734. The largest absolute Gasteiger partial charge is 0.497 e. The lowest BCUT2D eigenvalue weighted by atomic mass is 10.2. The van der Waals surface area contributed by atoms with Crippen LogP contribution in [0.2, 0.25) is 0 Å². The van der Waals surface area contributed by atoms with Crippen molar-refractivity contribution in [1.82, 2.24) is 4.98 Å². The molecule has 0 fully saturated rings. The van der Waals surface area contributed by atoms with Gasteiger partial charge in [0, 0.05) is 16.2 Å². The van der Waals surface area contributed by atoms with Gasteiger partial charge in [0.25, 0.3) is 9.05 Å². The summed E-state index contributed by atoms with van der Waals surface area (Å²) in [6, 6.07) is 7.23. The second-order valence-corrected chi connectivity index (χ2v) is 7.32. The van der Waals surface area contributed by atoms with Gasteiger partial charge in [-0.05, 0) is 31.2 Å². The second kappa shape index (κ2) is 4.87. The molecule has 1 heterocycles. The van der Waals surface area contributed by atoms with Crippen LogP contribution in [0.15, 0.2) is 28.5 Å². The van der Waals surface area contributed by atoms with Crippen LogP contribution < -0.4 is 4.74 Å². The summed E-state index contributed by atoms with van der Waals surface area (Å²) < 4.78 is 27.8. The molecule has 0 saturated carbocycles. The number of hydrogen-bond acceptors (Lipinski definition) is 5. The Hall–Kier alpha value is -1.11. The second-order valence-electron chi connectivity index (χ2n) is 3.56. The van der Waals surface area contributed by atoms with E-state index in [1.165, 1.54) is 0 Å². The SMILES string of the molecule is COc1ccc(-c2nc(C)c(S(=O)(=O)Cl)s2)cc1. The zero-order valence-corrected chi connectivity index (χ0v) is 12.1. The Kier molecular flexibility index (Phi) is 3.61. The first-order chi connectivity index (χ1) is 8.41. The van der Waals surface area contributed by atoms with Gasteiger partial charge in [0.15, 0.2) is 4.21 Å². The van der Waals surface area contributed by atoms with E-state index in [1.54, 1.807) is 26.2 Å². The number of hydrogen-bond donors (Lipinski definition) is 0. The minimum atomic E-state index is -3.73. The molecule has 0 unspecified atom stereocenters. The van der Waals surface area contributed by atoms with Crippen LogP contribution in [0, 0.1) is 6.92 Å². The van der Waals surface area contributed by atoms with E-state index in [0.29, 0.717) is 10.7 Å². The molecule has 1 aromatic heterocycles. The van der Waals surface area contributed by atoms with Crippen molar-refractivity contribution < 1.29 is 13.2 Å². The number of aryl methyl sites for hydroxylation is 1. The molecule has 0 radical (unpaired) electrons. The molecule has 0 aliphatic carbocycles. The lowest BCUT2D eigenvalue weighted by Gasteiger charge is -1.99. The third-order valence-corrected chi connectivity index (χ3v) is 5.70. The monoisotopic (exact) mass is 303 g/mol. The van der Waals surface area contributed by atoms with Gasteiger partial charge in [-0.3, -0.25) is 0 Å². The van der Waals surface area contributed by atoms with Gasteiger partial charge >= 0.3 is 0 Å². The summed E-state index contributed by atoms with van der Waals surface area (Å²) in [5.41, 5.74) is 1.25. The summed E-state index contributed by atoms with van der Waals surface area (Å²) in [7, 11) is 3.19.